The zero-order valence-electron chi connectivity index (χ0n) is 8.48. The smallest absolute Gasteiger partial charge is 0.181 e. The van der Waals surface area contributed by atoms with E-state index >= 15 is 0 Å². The van der Waals surface area contributed by atoms with E-state index in [4.69, 9.17) is 9.15 Å². The van der Waals surface area contributed by atoms with E-state index in [9.17, 15) is 0 Å². The van der Waals surface area contributed by atoms with Crippen LogP contribution in [0, 0.1) is 0 Å². The number of hydrogen-bond donors (Lipinski definition) is 1. The van der Waals surface area contributed by atoms with Crippen LogP contribution in [0.25, 0.3) is 11.1 Å². The molecule has 2 aromatic rings. The standard InChI is InChI=1S/C7H5NO.C4H9NO/c1-2-4-7-6(3-1)8-5-9-7;1-3-6-4-2-5-1/h1-5H;5H,1-4H2. The van der Waals surface area contributed by atoms with Gasteiger partial charge in [-0.2, -0.15) is 0 Å². The number of hydrogen-bond acceptors (Lipinski definition) is 4. The minimum Gasteiger partial charge on any atom is -0.443 e. The van der Waals surface area contributed by atoms with E-state index in [0.29, 0.717) is 0 Å². The fourth-order valence-electron chi connectivity index (χ4n) is 1.32. The molecule has 0 saturated carbocycles. The first-order chi connectivity index (χ1) is 7.47. The van der Waals surface area contributed by atoms with Crippen LogP contribution in [0.5, 0.6) is 0 Å². The minimum atomic E-state index is 0.845. The molecule has 1 aromatic carbocycles. The molecule has 15 heavy (non-hydrogen) atoms. The predicted molar refractivity (Wildman–Crippen MR) is 57.7 cm³/mol. The number of nitrogens with zero attached hydrogens (tertiary/aromatic N) is 1. The summed E-state index contributed by atoms with van der Waals surface area (Å²) in [5.74, 6) is 0. The van der Waals surface area contributed by atoms with Crippen LogP contribution in [0.3, 0.4) is 0 Å². The molecule has 1 saturated heterocycles. The van der Waals surface area contributed by atoms with Gasteiger partial charge in [0.25, 0.3) is 0 Å². The van der Waals surface area contributed by atoms with E-state index in [2.05, 4.69) is 10.3 Å². The fraction of sp³-hybridized carbons (Fsp3) is 0.364. The Kier molecular flexibility index (Phi) is 3.70. The van der Waals surface area contributed by atoms with E-state index in [1.807, 2.05) is 24.3 Å². The Labute approximate surface area is 88.3 Å². The Balaban J connectivity index is 0.000000124. The largest absolute Gasteiger partial charge is 0.443 e. The summed E-state index contributed by atoms with van der Waals surface area (Å²) in [7, 11) is 0. The van der Waals surface area contributed by atoms with Crippen LogP contribution in [0.15, 0.2) is 35.1 Å². The third-order valence-electron chi connectivity index (χ3n) is 2.08. The molecule has 3 rings (SSSR count). The average Bonchev–Trinajstić information content (AvgIpc) is 2.80. The van der Waals surface area contributed by atoms with Crippen LogP contribution >= 0.6 is 0 Å². The number of benzene rings is 1. The number of fused-ring (bicyclic) bond motifs is 1. The van der Waals surface area contributed by atoms with Crippen molar-refractivity contribution in [3.05, 3.63) is 30.7 Å². The highest BCUT2D eigenvalue weighted by Crippen LogP contribution is 2.09. The fourth-order valence-corrected chi connectivity index (χ4v) is 1.32. The van der Waals surface area contributed by atoms with Crippen molar-refractivity contribution in [3.63, 3.8) is 0 Å². The molecule has 0 radical (unpaired) electrons. The van der Waals surface area contributed by atoms with Gasteiger partial charge in [-0.05, 0) is 12.1 Å². The van der Waals surface area contributed by atoms with Crippen molar-refractivity contribution in [3.8, 4) is 0 Å². The molecule has 2 heterocycles. The van der Waals surface area contributed by atoms with Crippen LogP contribution in [-0.4, -0.2) is 31.3 Å². The van der Waals surface area contributed by atoms with Crippen LogP contribution in [0.4, 0.5) is 0 Å². The number of oxazole rings is 1. The molecular weight excluding hydrogens is 192 g/mol. The number of ether oxygens (including phenoxy) is 1. The topological polar surface area (TPSA) is 47.3 Å². The number of rotatable bonds is 0. The maximum absolute atomic E-state index is 5.01. The Morgan fingerprint density at radius 1 is 1.13 bits per heavy atom. The average molecular weight is 206 g/mol. The van der Waals surface area contributed by atoms with Gasteiger partial charge in [-0.15, -0.1) is 0 Å². The third kappa shape index (κ3) is 3.04. The van der Waals surface area contributed by atoms with Gasteiger partial charge in [0.05, 0.1) is 13.2 Å². The Bertz CT molecular complexity index is 354. The third-order valence-corrected chi connectivity index (χ3v) is 2.08. The van der Waals surface area contributed by atoms with Gasteiger partial charge >= 0.3 is 0 Å². The Morgan fingerprint density at radius 3 is 2.53 bits per heavy atom. The summed E-state index contributed by atoms with van der Waals surface area (Å²) in [6, 6.07) is 7.67. The maximum Gasteiger partial charge on any atom is 0.181 e. The summed E-state index contributed by atoms with van der Waals surface area (Å²) >= 11 is 0. The summed E-state index contributed by atoms with van der Waals surface area (Å²) in [6.45, 7) is 3.83. The van der Waals surface area contributed by atoms with Crippen molar-refractivity contribution in [2.75, 3.05) is 26.3 Å². The van der Waals surface area contributed by atoms with E-state index in [1.54, 1.807) is 0 Å². The molecule has 0 atom stereocenters. The first-order valence-electron chi connectivity index (χ1n) is 5.03. The number of nitrogens with one attached hydrogen (secondary N) is 1. The van der Waals surface area contributed by atoms with Gasteiger partial charge < -0.3 is 14.5 Å². The molecule has 1 aliphatic rings. The van der Waals surface area contributed by atoms with Gasteiger partial charge in [-0.25, -0.2) is 4.98 Å². The highest BCUT2D eigenvalue weighted by Gasteiger charge is 1.93. The van der Waals surface area contributed by atoms with Crippen molar-refractivity contribution < 1.29 is 9.15 Å². The second-order valence-corrected chi connectivity index (χ2v) is 3.18. The van der Waals surface area contributed by atoms with E-state index in [0.717, 1.165) is 37.4 Å². The molecule has 1 aromatic heterocycles. The predicted octanol–water partition coefficient (Wildman–Crippen LogP) is 1.43. The molecule has 4 heteroatoms. The SMILES string of the molecule is C1COCCN1.c1ccc2ocnc2c1. The van der Waals surface area contributed by atoms with Crippen molar-refractivity contribution in [1.82, 2.24) is 10.3 Å². The monoisotopic (exact) mass is 206 g/mol. The molecular formula is C11H14N2O2. The molecule has 0 amide bonds. The molecule has 1 aliphatic heterocycles. The first-order valence-corrected chi connectivity index (χ1v) is 5.03. The Morgan fingerprint density at radius 2 is 1.93 bits per heavy atom. The van der Waals surface area contributed by atoms with Gasteiger partial charge in [-0.1, -0.05) is 12.1 Å². The lowest BCUT2D eigenvalue weighted by Crippen LogP contribution is -2.30. The number of aromatic nitrogens is 1. The van der Waals surface area contributed by atoms with Gasteiger partial charge in [0, 0.05) is 13.1 Å². The van der Waals surface area contributed by atoms with Crippen LogP contribution < -0.4 is 5.32 Å². The van der Waals surface area contributed by atoms with Crippen molar-refractivity contribution >= 4 is 11.1 Å². The molecule has 0 aliphatic carbocycles. The second-order valence-electron chi connectivity index (χ2n) is 3.18. The maximum atomic E-state index is 5.01. The van der Waals surface area contributed by atoms with Crippen LogP contribution in [0.2, 0.25) is 0 Å². The lowest BCUT2D eigenvalue weighted by molar-refractivity contribution is 0.109. The van der Waals surface area contributed by atoms with E-state index < -0.39 is 0 Å². The summed E-state index contributed by atoms with van der Waals surface area (Å²) in [5, 5.41) is 3.16. The molecule has 80 valence electrons. The molecule has 0 spiro atoms. The molecule has 0 unspecified atom stereocenters. The quantitative estimate of drug-likeness (QED) is 0.708. The van der Waals surface area contributed by atoms with Crippen molar-refractivity contribution in [1.29, 1.82) is 0 Å². The molecule has 1 fully saturated rings. The summed E-state index contributed by atoms with van der Waals surface area (Å²) in [5.41, 5.74) is 1.76. The summed E-state index contributed by atoms with van der Waals surface area (Å²) in [6.07, 6.45) is 1.45. The molecule has 4 nitrogen and oxygen atoms in total. The van der Waals surface area contributed by atoms with Gasteiger partial charge in [0.15, 0.2) is 12.0 Å². The summed E-state index contributed by atoms with van der Waals surface area (Å²) < 4.78 is 10.0. The second kappa shape index (κ2) is 5.48. The molecule has 1 N–H and O–H groups in total. The zero-order chi connectivity index (χ0) is 10.3. The highest BCUT2D eigenvalue weighted by atomic mass is 16.5. The van der Waals surface area contributed by atoms with Crippen molar-refractivity contribution in [2.45, 2.75) is 0 Å². The molecule has 0 bridgehead atoms. The van der Waals surface area contributed by atoms with E-state index in [1.165, 1.54) is 6.39 Å². The summed E-state index contributed by atoms with van der Waals surface area (Å²) in [4.78, 5) is 3.95. The van der Waals surface area contributed by atoms with Crippen LogP contribution in [0.1, 0.15) is 0 Å². The zero-order valence-corrected chi connectivity index (χ0v) is 8.48. The van der Waals surface area contributed by atoms with Gasteiger partial charge in [-0.3, -0.25) is 0 Å². The van der Waals surface area contributed by atoms with E-state index in [-0.39, 0.29) is 0 Å². The lowest BCUT2D eigenvalue weighted by Gasteiger charge is -2.10. The van der Waals surface area contributed by atoms with Crippen LogP contribution in [-0.2, 0) is 4.74 Å². The van der Waals surface area contributed by atoms with Crippen molar-refractivity contribution in [2.24, 2.45) is 0 Å². The lowest BCUT2D eigenvalue weighted by atomic mass is 10.3. The number of para-hydroxylation sites is 2. The van der Waals surface area contributed by atoms with Gasteiger partial charge in [0.2, 0.25) is 0 Å². The highest BCUT2D eigenvalue weighted by molar-refractivity contribution is 5.71. The minimum absolute atomic E-state index is 0.845. The normalized spacial score (nSPS) is 15.7. The van der Waals surface area contributed by atoms with Gasteiger partial charge in [0.1, 0.15) is 5.52 Å². The first kappa shape index (κ1) is 10.1. The Hall–Kier alpha value is -1.39. The number of morpholine rings is 1.